The number of aromatic nitrogens is 1. The maximum absolute atomic E-state index is 12.4. The van der Waals surface area contributed by atoms with Crippen LogP contribution in [0.1, 0.15) is 30.7 Å². The molecular formula is C21H21BrN4O2S. The summed E-state index contributed by atoms with van der Waals surface area (Å²) in [6.07, 6.45) is 0.883. The highest BCUT2D eigenvalue weighted by atomic mass is 79.9. The number of amides is 2. The summed E-state index contributed by atoms with van der Waals surface area (Å²) in [4.78, 5) is 32.6. The lowest BCUT2D eigenvalue weighted by atomic mass is 10.1. The summed E-state index contributed by atoms with van der Waals surface area (Å²) in [5.74, 6) is -0.339. The van der Waals surface area contributed by atoms with Crippen LogP contribution in [-0.2, 0) is 13.0 Å². The lowest BCUT2D eigenvalue weighted by Crippen LogP contribution is -2.34. The van der Waals surface area contributed by atoms with E-state index in [0.29, 0.717) is 23.7 Å². The number of carbonyl (C=O) groups excluding carboxylic acids is 2. The largest absolute Gasteiger partial charge is 0.350 e. The van der Waals surface area contributed by atoms with Gasteiger partial charge in [0.05, 0.1) is 5.69 Å². The Balaban J connectivity index is 1.28. The molecule has 1 aliphatic rings. The predicted molar refractivity (Wildman–Crippen MR) is 118 cm³/mol. The van der Waals surface area contributed by atoms with Crippen molar-refractivity contribution in [2.45, 2.75) is 13.0 Å². The maximum atomic E-state index is 12.4. The molecule has 2 N–H and O–H groups in total. The Morgan fingerprint density at radius 2 is 1.83 bits per heavy atom. The molecule has 4 rings (SSSR count). The Bertz CT molecular complexity index is 1080. The minimum Gasteiger partial charge on any atom is -0.350 e. The van der Waals surface area contributed by atoms with Gasteiger partial charge in [-0.2, -0.15) is 0 Å². The number of hydrogen-bond donors (Lipinski definition) is 2. The van der Waals surface area contributed by atoms with Gasteiger partial charge in [0.1, 0.15) is 0 Å². The average Bonchev–Trinajstić information content (AvgIpc) is 3.13. The van der Waals surface area contributed by atoms with Gasteiger partial charge in [-0.15, -0.1) is 11.3 Å². The Kier molecular flexibility index (Phi) is 5.94. The van der Waals surface area contributed by atoms with Gasteiger partial charge in [0.2, 0.25) is 0 Å². The highest BCUT2D eigenvalue weighted by Gasteiger charge is 2.21. The zero-order valence-electron chi connectivity index (χ0n) is 16.0. The van der Waals surface area contributed by atoms with E-state index >= 15 is 0 Å². The summed E-state index contributed by atoms with van der Waals surface area (Å²) in [6.45, 7) is 2.53. The summed E-state index contributed by atoms with van der Waals surface area (Å²) in [5, 5.41) is 8.26. The monoisotopic (exact) mass is 472 g/mol. The molecule has 0 spiro atoms. The standard InChI is InChI=1S/C21H21BrN4O2S/c1-26-9-6-17-18(12-26)29-21(25-17)20(28)24-8-7-23-19(27)15-3-2-14-11-16(22)5-4-13(14)10-15/h2-5,10-11H,6-9,12H2,1H3,(H,23,27)(H,24,28). The van der Waals surface area contributed by atoms with E-state index in [2.05, 4.69) is 43.5 Å². The third-order valence-corrected chi connectivity index (χ3v) is 6.45. The minimum atomic E-state index is -0.183. The lowest BCUT2D eigenvalue weighted by molar-refractivity contribution is 0.0927. The van der Waals surface area contributed by atoms with Crippen molar-refractivity contribution in [1.82, 2.24) is 20.5 Å². The molecule has 2 amide bonds. The van der Waals surface area contributed by atoms with Crippen LogP contribution in [0.5, 0.6) is 0 Å². The number of rotatable bonds is 5. The van der Waals surface area contributed by atoms with Crippen LogP contribution in [0.25, 0.3) is 10.8 Å². The SMILES string of the molecule is CN1CCc2nc(C(=O)NCCNC(=O)c3ccc4cc(Br)ccc4c3)sc2C1. The first-order valence-corrected chi connectivity index (χ1v) is 11.0. The van der Waals surface area contributed by atoms with Crippen LogP contribution in [0.2, 0.25) is 0 Å². The number of thiazole rings is 1. The minimum absolute atomic E-state index is 0.156. The van der Waals surface area contributed by atoms with Gasteiger partial charge in [-0.05, 0) is 42.1 Å². The van der Waals surface area contributed by atoms with Gasteiger partial charge >= 0.3 is 0 Å². The molecule has 6 nitrogen and oxygen atoms in total. The van der Waals surface area contributed by atoms with E-state index in [1.54, 1.807) is 6.07 Å². The zero-order chi connectivity index (χ0) is 20.4. The summed E-state index contributed by atoms with van der Waals surface area (Å²) in [6, 6.07) is 11.5. The van der Waals surface area contributed by atoms with Gasteiger partial charge in [-0.3, -0.25) is 9.59 Å². The van der Waals surface area contributed by atoms with E-state index in [1.807, 2.05) is 30.3 Å². The molecule has 0 saturated heterocycles. The molecule has 8 heteroatoms. The summed E-state index contributed by atoms with van der Waals surface area (Å²) >= 11 is 4.90. The lowest BCUT2D eigenvalue weighted by Gasteiger charge is -2.20. The van der Waals surface area contributed by atoms with Crippen molar-refractivity contribution < 1.29 is 9.59 Å². The highest BCUT2D eigenvalue weighted by molar-refractivity contribution is 9.10. The fraction of sp³-hybridized carbons (Fsp3) is 0.286. The van der Waals surface area contributed by atoms with Crippen molar-refractivity contribution in [2.75, 3.05) is 26.7 Å². The maximum Gasteiger partial charge on any atom is 0.280 e. The molecule has 1 aromatic heterocycles. The Morgan fingerprint density at radius 3 is 2.66 bits per heavy atom. The van der Waals surface area contributed by atoms with Gasteiger partial charge in [0, 0.05) is 47.5 Å². The van der Waals surface area contributed by atoms with E-state index in [1.165, 1.54) is 16.2 Å². The molecule has 2 heterocycles. The number of halogens is 1. The summed E-state index contributed by atoms with van der Waals surface area (Å²) in [7, 11) is 2.07. The van der Waals surface area contributed by atoms with E-state index in [9.17, 15) is 9.59 Å². The summed E-state index contributed by atoms with van der Waals surface area (Å²) < 4.78 is 1.01. The van der Waals surface area contributed by atoms with Crippen molar-refractivity contribution in [1.29, 1.82) is 0 Å². The van der Waals surface area contributed by atoms with Crippen LogP contribution < -0.4 is 10.6 Å². The number of nitrogens with one attached hydrogen (secondary N) is 2. The molecule has 0 saturated carbocycles. The normalized spacial score (nSPS) is 13.9. The van der Waals surface area contributed by atoms with Crippen molar-refractivity contribution in [3.8, 4) is 0 Å². The molecular weight excluding hydrogens is 452 g/mol. The second kappa shape index (κ2) is 8.61. The fourth-order valence-corrected chi connectivity index (χ4v) is 4.79. The zero-order valence-corrected chi connectivity index (χ0v) is 18.4. The fourth-order valence-electron chi connectivity index (χ4n) is 3.31. The number of nitrogens with zero attached hydrogens (tertiary/aromatic N) is 2. The van der Waals surface area contributed by atoms with Gasteiger partial charge in [-0.25, -0.2) is 4.98 Å². The van der Waals surface area contributed by atoms with E-state index in [-0.39, 0.29) is 11.8 Å². The molecule has 0 bridgehead atoms. The van der Waals surface area contributed by atoms with Crippen LogP contribution in [0.4, 0.5) is 0 Å². The van der Waals surface area contributed by atoms with E-state index in [0.717, 1.165) is 40.4 Å². The van der Waals surface area contributed by atoms with Crippen molar-refractivity contribution >= 4 is 49.9 Å². The van der Waals surface area contributed by atoms with Gasteiger partial charge in [0.25, 0.3) is 11.8 Å². The molecule has 0 radical (unpaired) electrons. The quantitative estimate of drug-likeness (QED) is 0.559. The van der Waals surface area contributed by atoms with Gasteiger partial charge in [-0.1, -0.05) is 28.1 Å². The van der Waals surface area contributed by atoms with Crippen LogP contribution in [0, 0.1) is 0 Å². The Morgan fingerprint density at radius 1 is 1.10 bits per heavy atom. The van der Waals surface area contributed by atoms with Crippen molar-refractivity contribution in [2.24, 2.45) is 0 Å². The number of carbonyl (C=O) groups is 2. The first-order valence-electron chi connectivity index (χ1n) is 9.42. The third kappa shape index (κ3) is 4.66. The topological polar surface area (TPSA) is 74.3 Å². The number of benzene rings is 2. The van der Waals surface area contributed by atoms with Crippen LogP contribution in [0.3, 0.4) is 0 Å². The average molecular weight is 473 g/mol. The second-order valence-electron chi connectivity index (χ2n) is 7.09. The molecule has 1 aliphatic heterocycles. The molecule has 0 atom stereocenters. The smallest absolute Gasteiger partial charge is 0.280 e. The Hall–Kier alpha value is -2.29. The summed E-state index contributed by atoms with van der Waals surface area (Å²) in [5.41, 5.74) is 1.64. The predicted octanol–water partition coefficient (Wildman–Crippen LogP) is 3.21. The molecule has 0 fully saturated rings. The number of likely N-dealkylation sites (N-methyl/N-ethyl adjacent to an activating group) is 1. The highest BCUT2D eigenvalue weighted by Crippen LogP contribution is 2.24. The molecule has 29 heavy (non-hydrogen) atoms. The van der Waals surface area contributed by atoms with Crippen LogP contribution >= 0.6 is 27.3 Å². The first-order chi connectivity index (χ1) is 14.0. The molecule has 2 aromatic carbocycles. The molecule has 0 aliphatic carbocycles. The second-order valence-corrected chi connectivity index (χ2v) is 9.09. The Labute approximate surface area is 181 Å². The van der Waals surface area contributed by atoms with Gasteiger partial charge in [0.15, 0.2) is 5.01 Å². The van der Waals surface area contributed by atoms with Crippen molar-refractivity contribution in [3.05, 3.63) is 62.0 Å². The molecule has 0 unspecified atom stereocenters. The number of fused-ring (bicyclic) bond motifs is 2. The van der Waals surface area contributed by atoms with E-state index in [4.69, 9.17) is 0 Å². The molecule has 150 valence electrons. The van der Waals surface area contributed by atoms with Crippen LogP contribution in [-0.4, -0.2) is 48.4 Å². The first kappa shape index (κ1) is 20.0. The van der Waals surface area contributed by atoms with Gasteiger partial charge < -0.3 is 15.5 Å². The van der Waals surface area contributed by atoms with E-state index < -0.39 is 0 Å². The number of hydrogen-bond acceptors (Lipinski definition) is 5. The van der Waals surface area contributed by atoms with Crippen molar-refractivity contribution in [3.63, 3.8) is 0 Å². The molecule has 3 aromatic rings. The van der Waals surface area contributed by atoms with Crippen LogP contribution in [0.15, 0.2) is 40.9 Å². The third-order valence-electron chi connectivity index (χ3n) is 4.88.